The molecule has 0 unspecified atom stereocenters. The lowest BCUT2D eigenvalue weighted by molar-refractivity contribution is 0.276. The van der Waals surface area contributed by atoms with E-state index in [1.54, 1.807) is 6.07 Å². The maximum Gasteiger partial charge on any atom is 0.165 e. The van der Waals surface area contributed by atoms with Crippen molar-refractivity contribution in [1.29, 1.82) is 0 Å². The van der Waals surface area contributed by atoms with Gasteiger partial charge in [-0.1, -0.05) is 34.1 Å². The summed E-state index contributed by atoms with van der Waals surface area (Å²) in [5.74, 6) is -0.270. The highest BCUT2D eigenvalue weighted by atomic mass is 79.9. The van der Waals surface area contributed by atoms with Crippen molar-refractivity contribution < 1.29 is 14.2 Å². The van der Waals surface area contributed by atoms with Gasteiger partial charge in [-0.3, -0.25) is 0 Å². The summed E-state index contributed by atoms with van der Waals surface area (Å²) in [6.07, 6.45) is 0. The monoisotopic (exact) mass is 310 g/mol. The van der Waals surface area contributed by atoms with Crippen LogP contribution in [0.15, 0.2) is 46.9 Å². The predicted octanol–water partition coefficient (Wildman–Crippen LogP) is 3.66. The van der Waals surface area contributed by atoms with Gasteiger partial charge in [-0.15, -0.1) is 0 Å². The zero-order valence-electron chi connectivity index (χ0n) is 9.57. The van der Waals surface area contributed by atoms with E-state index in [4.69, 9.17) is 9.84 Å². The van der Waals surface area contributed by atoms with E-state index in [-0.39, 0.29) is 12.4 Å². The average Bonchev–Trinajstić information content (AvgIpc) is 2.39. The standard InChI is InChI=1S/C14H12BrFO2/c15-12-4-1-10(2-5-12)9-18-14-6-3-11(8-17)7-13(14)16/h1-7,17H,8-9H2. The fourth-order valence-corrected chi connectivity index (χ4v) is 1.77. The molecule has 0 saturated heterocycles. The number of halogens is 2. The topological polar surface area (TPSA) is 29.5 Å². The van der Waals surface area contributed by atoms with Crippen LogP contribution < -0.4 is 4.74 Å². The summed E-state index contributed by atoms with van der Waals surface area (Å²) in [5.41, 5.74) is 1.49. The molecule has 0 aliphatic rings. The minimum Gasteiger partial charge on any atom is -0.486 e. The van der Waals surface area contributed by atoms with Crippen molar-refractivity contribution in [3.05, 3.63) is 63.9 Å². The van der Waals surface area contributed by atoms with Crippen LogP contribution in [-0.4, -0.2) is 5.11 Å². The summed E-state index contributed by atoms with van der Waals surface area (Å²) < 4.78 is 19.9. The smallest absolute Gasteiger partial charge is 0.165 e. The summed E-state index contributed by atoms with van der Waals surface area (Å²) in [6, 6.07) is 12.1. The number of benzene rings is 2. The lowest BCUT2D eigenvalue weighted by atomic mass is 10.2. The van der Waals surface area contributed by atoms with Crippen molar-refractivity contribution >= 4 is 15.9 Å². The highest BCUT2D eigenvalue weighted by molar-refractivity contribution is 9.10. The zero-order chi connectivity index (χ0) is 13.0. The van der Waals surface area contributed by atoms with Crippen molar-refractivity contribution in [3.63, 3.8) is 0 Å². The van der Waals surface area contributed by atoms with Gasteiger partial charge in [-0.05, 0) is 35.4 Å². The van der Waals surface area contributed by atoms with E-state index in [1.165, 1.54) is 12.1 Å². The molecular formula is C14H12BrFO2. The molecule has 0 bridgehead atoms. The molecule has 2 nitrogen and oxygen atoms in total. The zero-order valence-corrected chi connectivity index (χ0v) is 11.2. The molecule has 0 aliphatic heterocycles. The van der Waals surface area contributed by atoms with Crippen molar-refractivity contribution in [1.82, 2.24) is 0 Å². The van der Waals surface area contributed by atoms with Gasteiger partial charge in [0.15, 0.2) is 11.6 Å². The van der Waals surface area contributed by atoms with Crippen molar-refractivity contribution in [2.24, 2.45) is 0 Å². The first kappa shape index (κ1) is 13.1. The van der Waals surface area contributed by atoms with E-state index in [2.05, 4.69) is 15.9 Å². The second kappa shape index (κ2) is 5.98. The Morgan fingerprint density at radius 1 is 1.06 bits per heavy atom. The van der Waals surface area contributed by atoms with Crippen LogP contribution in [-0.2, 0) is 13.2 Å². The summed E-state index contributed by atoms with van der Waals surface area (Å²) in [5, 5.41) is 8.87. The highest BCUT2D eigenvalue weighted by Crippen LogP contribution is 2.20. The second-order valence-corrected chi connectivity index (χ2v) is 4.75. The quantitative estimate of drug-likeness (QED) is 0.934. The molecule has 0 radical (unpaired) electrons. The molecule has 2 aromatic carbocycles. The molecule has 4 heteroatoms. The van der Waals surface area contributed by atoms with Gasteiger partial charge in [0.1, 0.15) is 6.61 Å². The summed E-state index contributed by atoms with van der Waals surface area (Å²) in [7, 11) is 0. The number of hydrogen-bond acceptors (Lipinski definition) is 2. The van der Waals surface area contributed by atoms with E-state index >= 15 is 0 Å². The van der Waals surface area contributed by atoms with Gasteiger partial charge < -0.3 is 9.84 Å². The predicted molar refractivity (Wildman–Crippen MR) is 70.8 cm³/mol. The molecule has 0 spiro atoms. The third-order valence-corrected chi connectivity index (χ3v) is 3.02. The Morgan fingerprint density at radius 2 is 1.72 bits per heavy atom. The summed E-state index contributed by atoms with van der Waals surface area (Å²) >= 11 is 3.34. The maximum absolute atomic E-state index is 13.6. The highest BCUT2D eigenvalue weighted by Gasteiger charge is 2.04. The Morgan fingerprint density at radius 3 is 2.33 bits per heavy atom. The van der Waals surface area contributed by atoms with Crippen LogP contribution in [0.25, 0.3) is 0 Å². The Balaban J connectivity index is 2.04. The number of ether oxygens (including phenoxy) is 1. The molecule has 0 amide bonds. The lowest BCUT2D eigenvalue weighted by Gasteiger charge is -2.08. The maximum atomic E-state index is 13.6. The summed E-state index contributed by atoms with van der Waals surface area (Å²) in [4.78, 5) is 0. The molecule has 1 N–H and O–H groups in total. The Kier molecular flexibility index (Phi) is 4.33. The van der Waals surface area contributed by atoms with E-state index in [9.17, 15) is 4.39 Å². The number of aliphatic hydroxyl groups is 1. The minimum absolute atomic E-state index is 0.177. The first-order chi connectivity index (χ1) is 8.69. The van der Waals surface area contributed by atoms with E-state index < -0.39 is 5.82 Å². The molecular weight excluding hydrogens is 299 g/mol. The number of hydrogen-bond donors (Lipinski definition) is 1. The van der Waals surface area contributed by atoms with Crippen LogP contribution in [0.2, 0.25) is 0 Å². The van der Waals surface area contributed by atoms with Gasteiger partial charge in [0.2, 0.25) is 0 Å². The van der Waals surface area contributed by atoms with Gasteiger partial charge in [0.25, 0.3) is 0 Å². The normalized spacial score (nSPS) is 10.4. The molecule has 18 heavy (non-hydrogen) atoms. The third kappa shape index (κ3) is 3.31. The molecule has 0 aromatic heterocycles. The molecule has 0 saturated carbocycles. The van der Waals surface area contributed by atoms with Crippen molar-refractivity contribution in [3.8, 4) is 5.75 Å². The average molecular weight is 311 g/mol. The molecule has 0 aliphatic carbocycles. The fourth-order valence-electron chi connectivity index (χ4n) is 1.50. The fraction of sp³-hybridized carbons (Fsp3) is 0.143. The minimum atomic E-state index is -0.460. The Bertz CT molecular complexity index is 526. The van der Waals surface area contributed by atoms with Gasteiger partial charge in [-0.25, -0.2) is 4.39 Å². The van der Waals surface area contributed by atoms with Crippen molar-refractivity contribution in [2.45, 2.75) is 13.2 Å². The SMILES string of the molecule is OCc1ccc(OCc2ccc(Br)cc2)c(F)c1. The number of aliphatic hydroxyl groups excluding tert-OH is 1. The van der Waals surface area contributed by atoms with Crippen LogP contribution in [0, 0.1) is 5.82 Å². The van der Waals surface area contributed by atoms with Crippen LogP contribution in [0.3, 0.4) is 0 Å². The second-order valence-electron chi connectivity index (χ2n) is 3.84. The Hall–Kier alpha value is -1.39. The first-order valence-electron chi connectivity index (χ1n) is 5.45. The van der Waals surface area contributed by atoms with Gasteiger partial charge in [-0.2, -0.15) is 0 Å². The van der Waals surface area contributed by atoms with E-state index in [0.29, 0.717) is 12.2 Å². The molecule has 0 atom stereocenters. The van der Waals surface area contributed by atoms with Gasteiger partial charge in [0, 0.05) is 4.47 Å². The van der Waals surface area contributed by atoms with Crippen LogP contribution in [0.1, 0.15) is 11.1 Å². The Labute approximate surface area is 113 Å². The van der Waals surface area contributed by atoms with Crippen LogP contribution >= 0.6 is 15.9 Å². The van der Waals surface area contributed by atoms with Crippen LogP contribution in [0.4, 0.5) is 4.39 Å². The lowest BCUT2D eigenvalue weighted by Crippen LogP contribution is -1.98. The first-order valence-corrected chi connectivity index (χ1v) is 6.25. The van der Waals surface area contributed by atoms with Gasteiger partial charge >= 0.3 is 0 Å². The molecule has 0 fully saturated rings. The van der Waals surface area contributed by atoms with E-state index in [0.717, 1.165) is 10.0 Å². The molecule has 2 aromatic rings. The van der Waals surface area contributed by atoms with Crippen LogP contribution in [0.5, 0.6) is 5.75 Å². The molecule has 0 heterocycles. The molecule has 2 rings (SSSR count). The number of rotatable bonds is 4. The van der Waals surface area contributed by atoms with Crippen molar-refractivity contribution in [2.75, 3.05) is 0 Å². The third-order valence-electron chi connectivity index (χ3n) is 2.49. The van der Waals surface area contributed by atoms with E-state index in [1.807, 2.05) is 24.3 Å². The van der Waals surface area contributed by atoms with Gasteiger partial charge in [0.05, 0.1) is 6.61 Å². The largest absolute Gasteiger partial charge is 0.486 e. The molecule has 94 valence electrons. The summed E-state index contributed by atoms with van der Waals surface area (Å²) in [6.45, 7) is 0.132.